The van der Waals surface area contributed by atoms with Crippen molar-refractivity contribution >= 4 is 35.1 Å². The van der Waals surface area contributed by atoms with Gasteiger partial charge in [-0.25, -0.2) is 9.69 Å². The summed E-state index contributed by atoms with van der Waals surface area (Å²) in [5, 5.41) is 11.7. The first kappa shape index (κ1) is 18.1. The summed E-state index contributed by atoms with van der Waals surface area (Å²) < 4.78 is 0. The fraction of sp³-hybridized carbons (Fsp3) is 0. The lowest BCUT2D eigenvalue weighted by molar-refractivity contribution is 0.0696. The summed E-state index contributed by atoms with van der Waals surface area (Å²) in [7, 11) is 0. The third-order valence-corrected chi connectivity index (χ3v) is 4.53. The Kier molecular flexibility index (Phi) is 4.40. The van der Waals surface area contributed by atoms with Crippen LogP contribution in [0.5, 0.6) is 0 Å². The standard InChI is InChI=1S/C22H14N2O5/c25-19(23-15-7-3-6-14(11-15)22(28)29)13-5-4-8-16(12-13)24-20(26)17-9-1-2-10-18(17)21(24)27/h1-12H,(H,23,25)(H,28,29). The molecule has 1 heterocycles. The van der Waals surface area contributed by atoms with Gasteiger partial charge in [-0.05, 0) is 48.5 Å². The van der Waals surface area contributed by atoms with Gasteiger partial charge < -0.3 is 10.4 Å². The van der Waals surface area contributed by atoms with Gasteiger partial charge in [0.15, 0.2) is 0 Å². The molecular formula is C22H14N2O5. The van der Waals surface area contributed by atoms with E-state index < -0.39 is 23.7 Å². The molecule has 0 saturated carbocycles. The van der Waals surface area contributed by atoms with E-state index in [0.717, 1.165) is 4.90 Å². The number of carbonyl (C=O) groups is 4. The Morgan fingerprint density at radius 1 is 0.759 bits per heavy atom. The van der Waals surface area contributed by atoms with E-state index >= 15 is 0 Å². The lowest BCUT2D eigenvalue weighted by Crippen LogP contribution is -2.29. The van der Waals surface area contributed by atoms with Crippen molar-refractivity contribution in [2.75, 3.05) is 10.2 Å². The third-order valence-electron chi connectivity index (χ3n) is 4.53. The summed E-state index contributed by atoms with van der Waals surface area (Å²) >= 11 is 0. The minimum atomic E-state index is -1.10. The average molecular weight is 386 g/mol. The topological polar surface area (TPSA) is 104 Å². The molecule has 0 aliphatic carbocycles. The van der Waals surface area contributed by atoms with Gasteiger partial charge in [-0.3, -0.25) is 14.4 Å². The Hall–Kier alpha value is -4.26. The number of anilines is 2. The maximum atomic E-state index is 12.6. The molecule has 29 heavy (non-hydrogen) atoms. The Balaban J connectivity index is 1.61. The van der Waals surface area contributed by atoms with Gasteiger partial charge in [0.2, 0.25) is 0 Å². The van der Waals surface area contributed by atoms with Crippen LogP contribution in [0.3, 0.4) is 0 Å². The summed E-state index contributed by atoms with van der Waals surface area (Å²) in [4.78, 5) is 50.0. The van der Waals surface area contributed by atoms with E-state index in [1.54, 1.807) is 42.5 Å². The number of carboxylic acids is 1. The molecule has 0 fully saturated rings. The van der Waals surface area contributed by atoms with Crippen LogP contribution in [-0.4, -0.2) is 28.8 Å². The fourth-order valence-corrected chi connectivity index (χ4v) is 3.14. The number of rotatable bonds is 4. The van der Waals surface area contributed by atoms with E-state index in [9.17, 15) is 19.2 Å². The number of imide groups is 1. The van der Waals surface area contributed by atoms with Gasteiger partial charge in [0.05, 0.1) is 22.4 Å². The fourth-order valence-electron chi connectivity index (χ4n) is 3.14. The van der Waals surface area contributed by atoms with Crippen LogP contribution in [0.25, 0.3) is 0 Å². The lowest BCUT2D eigenvalue weighted by Gasteiger charge is -2.15. The summed E-state index contributed by atoms with van der Waals surface area (Å²) in [5.74, 6) is -2.49. The summed E-state index contributed by atoms with van der Waals surface area (Å²) in [5.41, 5.74) is 1.50. The molecule has 1 aliphatic rings. The van der Waals surface area contributed by atoms with Crippen molar-refractivity contribution in [3.05, 3.63) is 95.1 Å². The monoisotopic (exact) mass is 386 g/mol. The summed E-state index contributed by atoms with van der Waals surface area (Å²) in [6.07, 6.45) is 0. The highest BCUT2D eigenvalue weighted by Crippen LogP contribution is 2.29. The second-order valence-electron chi connectivity index (χ2n) is 6.38. The highest BCUT2D eigenvalue weighted by molar-refractivity contribution is 6.34. The van der Waals surface area contributed by atoms with E-state index in [-0.39, 0.29) is 16.8 Å². The number of hydrogen-bond donors (Lipinski definition) is 2. The molecule has 0 aromatic heterocycles. The second kappa shape index (κ2) is 7.05. The normalized spacial score (nSPS) is 12.6. The number of benzene rings is 3. The highest BCUT2D eigenvalue weighted by atomic mass is 16.4. The molecule has 3 aromatic rings. The van der Waals surface area contributed by atoms with Crippen LogP contribution in [0, 0.1) is 0 Å². The van der Waals surface area contributed by atoms with Gasteiger partial charge in [0, 0.05) is 11.3 Å². The number of carboxylic acid groups (broad SMARTS) is 1. The van der Waals surface area contributed by atoms with E-state index in [1.807, 2.05) is 0 Å². The number of carbonyl (C=O) groups excluding carboxylic acids is 3. The molecule has 0 unspecified atom stereocenters. The molecule has 0 atom stereocenters. The minimum absolute atomic E-state index is 0.0441. The van der Waals surface area contributed by atoms with Crippen LogP contribution in [0.2, 0.25) is 0 Å². The first-order valence-electron chi connectivity index (χ1n) is 8.68. The predicted molar refractivity (Wildman–Crippen MR) is 105 cm³/mol. The maximum absolute atomic E-state index is 12.6. The largest absolute Gasteiger partial charge is 0.478 e. The van der Waals surface area contributed by atoms with Crippen LogP contribution in [-0.2, 0) is 0 Å². The Morgan fingerprint density at radius 2 is 1.38 bits per heavy atom. The molecule has 3 amide bonds. The van der Waals surface area contributed by atoms with Crippen molar-refractivity contribution in [2.45, 2.75) is 0 Å². The number of nitrogens with zero attached hydrogens (tertiary/aromatic N) is 1. The minimum Gasteiger partial charge on any atom is -0.478 e. The van der Waals surface area contributed by atoms with Crippen molar-refractivity contribution in [2.24, 2.45) is 0 Å². The van der Waals surface area contributed by atoms with Crippen LogP contribution in [0.4, 0.5) is 11.4 Å². The first-order chi connectivity index (χ1) is 14.0. The van der Waals surface area contributed by atoms with E-state index in [2.05, 4.69) is 5.32 Å². The van der Waals surface area contributed by atoms with Gasteiger partial charge in [-0.1, -0.05) is 24.3 Å². The van der Waals surface area contributed by atoms with Crippen molar-refractivity contribution < 1.29 is 24.3 Å². The third kappa shape index (κ3) is 3.25. The zero-order chi connectivity index (χ0) is 20.5. The van der Waals surface area contributed by atoms with Crippen LogP contribution < -0.4 is 10.2 Å². The van der Waals surface area contributed by atoms with E-state index in [4.69, 9.17) is 5.11 Å². The van der Waals surface area contributed by atoms with Crippen LogP contribution in [0.15, 0.2) is 72.8 Å². The Labute approximate surface area is 165 Å². The van der Waals surface area contributed by atoms with Crippen molar-refractivity contribution in [3.63, 3.8) is 0 Å². The molecule has 0 saturated heterocycles. The molecule has 3 aromatic carbocycles. The molecule has 7 heteroatoms. The zero-order valence-corrected chi connectivity index (χ0v) is 15.0. The molecule has 0 spiro atoms. The van der Waals surface area contributed by atoms with Crippen LogP contribution >= 0.6 is 0 Å². The smallest absolute Gasteiger partial charge is 0.335 e. The number of hydrogen-bond acceptors (Lipinski definition) is 4. The summed E-state index contributed by atoms with van der Waals surface area (Å²) in [6.45, 7) is 0. The lowest BCUT2D eigenvalue weighted by atomic mass is 10.1. The van der Waals surface area contributed by atoms with Gasteiger partial charge in [0.1, 0.15) is 0 Å². The summed E-state index contributed by atoms with van der Waals surface area (Å²) in [6, 6.07) is 18.5. The van der Waals surface area contributed by atoms with Gasteiger partial charge in [-0.2, -0.15) is 0 Å². The molecule has 7 nitrogen and oxygen atoms in total. The van der Waals surface area contributed by atoms with Crippen molar-refractivity contribution in [1.29, 1.82) is 0 Å². The quantitative estimate of drug-likeness (QED) is 0.669. The predicted octanol–water partition coefficient (Wildman–Crippen LogP) is 3.44. The van der Waals surface area contributed by atoms with Crippen LogP contribution in [0.1, 0.15) is 41.4 Å². The Bertz CT molecular complexity index is 1150. The van der Waals surface area contributed by atoms with Gasteiger partial charge in [0.25, 0.3) is 17.7 Å². The Morgan fingerprint density at radius 3 is 2.03 bits per heavy atom. The molecular weight excluding hydrogens is 372 g/mol. The zero-order valence-electron chi connectivity index (χ0n) is 15.0. The van der Waals surface area contributed by atoms with E-state index in [0.29, 0.717) is 16.8 Å². The maximum Gasteiger partial charge on any atom is 0.335 e. The second-order valence-corrected chi connectivity index (χ2v) is 6.38. The molecule has 2 N–H and O–H groups in total. The van der Waals surface area contributed by atoms with Crippen molar-refractivity contribution in [1.82, 2.24) is 0 Å². The SMILES string of the molecule is O=C(O)c1cccc(NC(=O)c2cccc(N3C(=O)c4ccccc4C3=O)c2)c1. The molecule has 4 rings (SSSR count). The first-order valence-corrected chi connectivity index (χ1v) is 8.68. The van der Waals surface area contributed by atoms with Gasteiger partial charge >= 0.3 is 5.97 Å². The number of aromatic carboxylic acids is 1. The molecule has 0 radical (unpaired) electrons. The number of nitrogens with one attached hydrogen (secondary N) is 1. The van der Waals surface area contributed by atoms with Crippen molar-refractivity contribution in [3.8, 4) is 0 Å². The number of fused-ring (bicyclic) bond motifs is 1. The molecule has 0 bridgehead atoms. The average Bonchev–Trinajstić information content (AvgIpc) is 2.99. The van der Waals surface area contributed by atoms with Gasteiger partial charge in [-0.15, -0.1) is 0 Å². The molecule has 142 valence electrons. The number of amides is 3. The van der Waals surface area contributed by atoms with E-state index in [1.165, 1.54) is 30.3 Å². The molecule has 1 aliphatic heterocycles. The highest BCUT2D eigenvalue weighted by Gasteiger charge is 2.36.